The fourth-order valence-corrected chi connectivity index (χ4v) is 1.77. The summed E-state index contributed by atoms with van der Waals surface area (Å²) in [7, 11) is 0. The van der Waals surface area contributed by atoms with Crippen molar-refractivity contribution >= 4 is 11.6 Å². The van der Waals surface area contributed by atoms with Crippen molar-refractivity contribution in [1.82, 2.24) is 0 Å². The van der Waals surface area contributed by atoms with Gasteiger partial charge in [0.25, 0.3) is 0 Å². The zero-order chi connectivity index (χ0) is 13.9. The van der Waals surface area contributed by atoms with Crippen molar-refractivity contribution in [2.75, 3.05) is 5.32 Å². The maximum absolute atomic E-state index is 12.1. The molecule has 98 valence electrons. The maximum atomic E-state index is 12.1. The molecule has 0 saturated carbocycles. The normalized spacial score (nSPS) is 11.1. The van der Waals surface area contributed by atoms with Crippen molar-refractivity contribution in [2.24, 2.45) is 5.41 Å². The molecule has 19 heavy (non-hydrogen) atoms. The molecule has 0 fully saturated rings. The average molecular weight is 253 g/mol. The van der Waals surface area contributed by atoms with Gasteiger partial charge in [-0.05, 0) is 11.6 Å². The summed E-state index contributed by atoms with van der Waals surface area (Å²) in [6.07, 6.45) is 0. The molecule has 0 spiro atoms. The summed E-state index contributed by atoms with van der Waals surface area (Å²) in [6, 6.07) is 17.9. The molecular weight excluding hydrogens is 234 g/mol. The summed E-state index contributed by atoms with van der Waals surface area (Å²) >= 11 is 0. The van der Waals surface area contributed by atoms with Crippen LogP contribution >= 0.6 is 0 Å². The summed E-state index contributed by atoms with van der Waals surface area (Å²) in [5, 5.41) is 3.01. The Labute approximate surface area is 114 Å². The Bertz CT molecular complexity index is 567. The quantitative estimate of drug-likeness (QED) is 0.847. The van der Waals surface area contributed by atoms with Gasteiger partial charge in [0.15, 0.2) is 0 Å². The highest BCUT2D eigenvalue weighted by Crippen LogP contribution is 2.28. The standard InChI is InChI=1S/C17H19NO/c1-17(2,3)16(19)18-15-12-8-7-11-14(15)13-9-5-4-6-10-13/h4-12H,1-3H3,(H,18,19). The van der Waals surface area contributed by atoms with Gasteiger partial charge in [-0.3, -0.25) is 4.79 Å². The summed E-state index contributed by atoms with van der Waals surface area (Å²) in [5.41, 5.74) is 2.60. The molecule has 0 heterocycles. The number of rotatable bonds is 2. The van der Waals surface area contributed by atoms with Crippen LogP contribution in [0.15, 0.2) is 54.6 Å². The van der Waals surface area contributed by atoms with E-state index in [1.807, 2.05) is 75.4 Å². The van der Waals surface area contributed by atoms with Crippen molar-refractivity contribution < 1.29 is 4.79 Å². The number of benzene rings is 2. The van der Waals surface area contributed by atoms with E-state index in [9.17, 15) is 4.79 Å². The third-order valence-corrected chi connectivity index (χ3v) is 2.94. The van der Waals surface area contributed by atoms with E-state index < -0.39 is 5.41 Å². The summed E-state index contributed by atoms with van der Waals surface area (Å²) in [6.45, 7) is 5.73. The van der Waals surface area contributed by atoms with Gasteiger partial charge in [-0.25, -0.2) is 0 Å². The van der Waals surface area contributed by atoms with Crippen LogP contribution in [0, 0.1) is 5.41 Å². The lowest BCUT2D eigenvalue weighted by Gasteiger charge is -2.19. The van der Waals surface area contributed by atoms with Gasteiger partial charge in [0.2, 0.25) is 5.91 Å². The second kappa shape index (κ2) is 5.27. The first-order valence-corrected chi connectivity index (χ1v) is 6.44. The van der Waals surface area contributed by atoms with Gasteiger partial charge in [0.05, 0.1) is 0 Å². The van der Waals surface area contributed by atoms with Crippen molar-refractivity contribution in [3.63, 3.8) is 0 Å². The molecule has 0 unspecified atom stereocenters. The van der Waals surface area contributed by atoms with Crippen LogP contribution in [0.1, 0.15) is 20.8 Å². The highest BCUT2D eigenvalue weighted by Gasteiger charge is 2.21. The minimum atomic E-state index is -0.399. The van der Waals surface area contributed by atoms with Crippen molar-refractivity contribution in [2.45, 2.75) is 20.8 Å². The van der Waals surface area contributed by atoms with Gasteiger partial charge in [0.1, 0.15) is 0 Å². The van der Waals surface area contributed by atoms with Crippen LogP contribution in [0.4, 0.5) is 5.69 Å². The number of carbonyl (C=O) groups excluding carboxylic acids is 1. The Kier molecular flexibility index (Phi) is 3.70. The molecule has 0 radical (unpaired) electrons. The molecule has 0 aromatic heterocycles. The van der Waals surface area contributed by atoms with Crippen LogP contribution in [0.3, 0.4) is 0 Å². The predicted molar refractivity (Wildman–Crippen MR) is 80.0 cm³/mol. The molecule has 1 amide bonds. The van der Waals surface area contributed by atoms with Crippen molar-refractivity contribution in [3.05, 3.63) is 54.6 Å². The minimum absolute atomic E-state index is 0.0240. The van der Waals surface area contributed by atoms with Crippen LogP contribution in [-0.2, 0) is 4.79 Å². The lowest BCUT2D eigenvalue weighted by Crippen LogP contribution is -2.27. The molecule has 1 N–H and O–H groups in total. The van der Waals surface area contributed by atoms with E-state index in [1.165, 1.54) is 0 Å². The average Bonchev–Trinajstić information content (AvgIpc) is 2.39. The number of nitrogens with one attached hydrogen (secondary N) is 1. The van der Waals surface area contributed by atoms with Gasteiger partial charge in [0, 0.05) is 16.7 Å². The number of hydrogen-bond acceptors (Lipinski definition) is 1. The highest BCUT2D eigenvalue weighted by molar-refractivity contribution is 5.98. The minimum Gasteiger partial charge on any atom is -0.325 e. The molecular formula is C17H19NO. The van der Waals surface area contributed by atoms with E-state index >= 15 is 0 Å². The topological polar surface area (TPSA) is 29.1 Å². The van der Waals surface area contributed by atoms with Gasteiger partial charge in [-0.2, -0.15) is 0 Å². The first kappa shape index (κ1) is 13.3. The fourth-order valence-electron chi connectivity index (χ4n) is 1.77. The Hall–Kier alpha value is -2.09. The highest BCUT2D eigenvalue weighted by atomic mass is 16.2. The van der Waals surface area contributed by atoms with Crippen LogP contribution in [0.5, 0.6) is 0 Å². The molecule has 0 atom stereocenters. The first-order chi connectivity index (χ1) is 8.98. The summed E-state index contributed by atoms with van der Waals surface area (Å²) in [5.74, 6) is 0.0240. The van der Waals surface area contributed by atoms with Crippen LogP contribution < -0.4 is 5.32 Å². The van der Waals surface area contributed by atoms with Gasteiger partial charge < -0.3 is 5.32 Å². The third-order valence-electron chi connectivity index (χ3n) is 2.94. The molecule has 0 aliphatic rings. The van der Waals surface area contributed by atoms with E-state index in [0.717, 1.165) is 16.8 Å². The zero-order valence-electron chi connectivity index (χ0n) is 11.6. The Morgan fingerprint density at radius 2 is 1.47 bits per heavy atom. The van der Waals surface area contributed by atoms with Gasteiger partial charge in [-0.1, -0.05) is 69.3 Å². The first-order valence-electron chi connectivity index (χ1n) is 6.44. The Morgan fingerprint density at radius 1 is 0.895 bits per heavy atom. The number of amides is 1. The molecule has 2 nitrogen and oxygen atoms in total. The molecule has 2 heteroatoms. The van der Waals surface area contributed by atoms with Crippen molar-refractivity contribution in [3.8, 4) is 11.1 Å². The molecule has 0 bridgehead atoms. The van der Waals surface area contributed by atoms with E-state index in [4.69, 9.17) is 0 Å². The fraction of sp³-hybridized carbons (Fsp3) is 0.235. The Balaban J connectivity index is 2.35. The summed E-state index contributed by atoms with van der Waals surface area (Å²) < 4.78 is 0. The van der Waals surface area contributed by atoms with Crippen LogP contribution in [0.2, 0.25) is 0 Å². The maximum Gasteiger partial charge on any atom is 0.229 e. The lowest BCUT2D eigenvalue weighted by atomic mass is 9.95. The Morgan fingerprint density at radius 3 is 2.11 bits per heavy atom. The van der Waals surface area contributed by atoms with Crippen molar-refractivity contribution in [1.29, 1.82) is 0 Å². The van der Waals surface area contributed by atoms with Crippen LogP contribution in [-0.4, -0.2) is 5.91 Å². The summed E-state index contributed by atoms with van der Waals surface area (Å²) in [4.78, 5) is 12.1. The van der Waals surface area contributed by atoms with E-state index in [2.05, 4.69) is 5.32 Å². The molecule has 0 aliphatic carbocycles. The number of para-hydroxylation sites is 1. The predicted octanol–water partition coefficient (Wildman–Crippen LogP) is 4.34. The second-order valence-corrected chi connectivity index (χ2v) is 5.62. The number of anilines is 1. The largest absolute Gasteiger partial charge is 0.325 e. The van der Waals surface area contributed by atoms with E-state index in [1.54, 1.807) is 0 Å². The van der Waals surface area contributed by atoms with E-state index in [-0.39, 0.29) is 5.91 Å². The molecule has 2 rings (SSSR count). The second-order valence-electron chi connectivity index (χ2n) is 5.62. The number of hydrogen-bond donors (Lipinski definition) is 1. The zero-order valence-corrected chi connectivity index (χ0v) is 11.6. The monoisotopic (exact) mass is 253 g/mol. The SMILES string of the molecule is CC(C)(C)C(=O)Nc1ccccc1-c1ccccc1. The number of carbonyl (C=O) groups is 1. The third kappa shape index (κ3) is 3.22. The molecule has 2 aromatic carbocycles. The van der Waals surface area contributed by atoms with Gasteiger partial charge >= 0.3 is 0 Å². The van der Waals surface area contributed by atoms with Crippen LogP contribution in [0.25, 0.3) is 11.1 Å². The smallest absolute Gasteiger partial charge is 0.229 e. The van der Waals surface area contributed by atoms with Gasteiger partial charge in [-0.15, -0.1) is 0 Å². The molecule has 0 saturated heterocycles. The lowest BCUT2D eigenvalue weighted by molar-refractivity contribution is -0.123. The van der Waals surface area contributed by atoms with E-state index in [0.29, 0.717) is 0 Å². The molecule has 2 aromatic rings. The molecule has 0 aliphatic heterocycles.